The Bertz CT molecular complexity index is 1000. The first-order valence-corrected chi connectivity index (χ1v) is 8.34. The van der Waals surface area contributed by atoms with Gasteiger partial charge in [0.25, 0.3) is 11.8 Å². The van der Waals surface area contributed by atoms with Gasteiger partial charge in [0.15, 0.2) is 0 Å². The molecule has 1 aromatic heterocycles. The molecule has 0 saturated carbocycles. The Hall–Kier alpha value is -3.54. The predicted molar refractivity (Wildman–Crippen MR) is 102 cm³/mol. The molecule has 3 rings (SSSR count). The summed E-state index contributed by atoms with van der Waals surface area (Å²) in [4.78, 5) is 28.9. The number of rotatable bonds is 4. The summed E-state index contributed by atoms with van der Waals surface area (Å²) in [5.41, 5.74) is 3.61. The third-order valence-corrected chi connectivity index (χ3v) is 4.21. The fourth-order valence-electron chi connectivity index (χ4n) is 2.51. The zero-order chi connectivity index (χ0) is 19.4. The third-order valence-electron chi connectivity index (χ3n) is 4.21. The van der Waals surface area contributed by atoms with Crippen LogP contribution in [0, 0.1) is 19.7 Å². The van der Waals surface area contributed by atoms with E-state index in [1.54, 1.807) is 0 Å². The first-order valence-electron chi connectivity index (χ1n) is 8.34. The molecule has 136 valence electrons. The molecule has 0 atom stereocenters. The van der Waals surface area contributed by atoms with Crippen LogP contribution in [0.1, 0.15) is 32.0 Å². The predicted octanol–water partition coefficient (Wildman–Crippen LogP) is 4.34. The summed E-state index contributed by atoms with van der Waals surface area (Å²) in [7, 11) is 0. The molecule has 27 heavy (non-hydrogen) atoms. The van der Waals surface area contributed by atoms with Crippen LogP contribution in [0.5, 0.6) is 0 Å². The fourth-order valence-corrected chi connectivity index (χ4v) is 2.51. The summed E-state index contributed by atoms with van der Waals surface area (Å²) in [6.45, 7) is 3.90. The van der Waals surface area contributed by atoms with E-state index in [1.165, 1.54) is 42.6 Å². The van der Waals surface area contributed by atoms with E-state index in [4.69, 9.17) is 0 Å². The molecule has 6 heteroatoms. The molecule has 0 bridgehead atoms. The minimum atomic E-state index is -0.483. The fraction of sp³-hybridized carbons (Fsp3) is 0.0952. The second kappa shape index (κ2) is 7.78. The Kier molecular flexibility index (Phi) is 5.26. The van der Waals surface area contributed by atoms with E-state index in [2.05, 4.69) is 15.6 Å². The number of halogens is 1. The topological polar surface area (TPSA) is 71.1 Å². The Balaban J connectivity index is 1.76. The van der Waals surface area contributed by atoms with Crippen molar-refractivity contribution in [1.82, 2.24) is 4.98 Å². The molecule has 5 nitrogen and oxygen atoms in total. The minimum Gasteiger partial charge on any atom is -0.322 e. The van der Waals surface area contributed by atoms with Crippen LogP contribution in [-0.2, 0) is 0 Å². The summed E-state index contributed by atoms with van der Waals surface area (Å²) >= 11 is 0. The van der Waals surface area contributed by atoms with Gasteiger partial charge in [0.1, 0.15) is 11.5 Å². The molecule has 3 aromatic rings. The van der Waals surface area contributed by atoms with E-state index < -0.39 is 11.7 Å². The monoisotopic (exact) mass is 363 g/mol. The highest BCUT2D eigenvalue weighted by Gasteiger charge is 2.13. The van der Waals surface area contributed by atoms with Crippen LogP contribution in [0.3, 0.4) is 0 Å². The van der Waals surface area contributed by atoms with Crippen LogP contribution < -0.4 is 10.6 Å². The van der Waals surface area contributed by atoms with Gasteiger partial charge in [-0.15, -0.1) is 0 Å². The van der Waals surface area contributed by atoms with Crippen LogP contribution in [-0.4, -0.2) is 16.8 Å². The van der Waals surface area contributed by atoms with E-state index in [1.807, 2.05) is 32.0 Å². The van der Waals surface area contributed by atoms with Crippen molar-refractivity contribution in [2.75, 3.05) is 10.6 Å². The smallest absolute Gasteiger partial charge is 0.274 e. The van der Waals surface area contributed by atoms with Crippen molar-refractivity contribution in [3.8, 4) is 0 Å². The molecular formula is C21H18FN3O2. The van der Waals surface area contributed by atoms with Gasteiger partial charge in [0, 0.05) is 23.1 Å². The zero-order valence-corrected chi connectivity index (χ0v) is 14.9. The number of hydrogen-bond acceptors (Lipinski definition) is 3. The highest BCUT2D eigenvalue weighted by Crippen LogP contribution is 2.19. The normalized spacial score (nSPS) is 10.3. The third kappa shape index (κ3) is 4.36. The molecule has 0 aliphatic rings. The Morgan fingerprint density at radius 3 is 2.41 bits per heavy atom. The van der Waals surface area contributed by atoms with Gasteiger partial charge in [0.05, 0.1) is 0 Å². The molecular weight excluding hydrogens is 345 g/mol. The van der Waals surface area contributed by atoms with Gasteiger partial charge in [-0.2, -0.15) is 0 Å². The number of aryl methyl sites for hydroxylation is 1. The van der Waals surface area contributed by atoms with Gasteiger partial charge in [0.2, 0.25) is 0 Å². The quantitative estimate of drug-likeness (QED) is 0.724. The van der Waals surface area contributed by atoms with Crippen LogP contribution in [0.25, 0.3) is 0 Å². The Labute approximate surface area is 156 Å². The summed E-state index contributed by atoms with van der Waals surface area (Å²) < 4.78 is 13.0. The standard InChI is InChI=1S/C21H18FN3O2/c1-13-4-3-5-18(14(13)2)25-20(26)15-10-11-23-19(12-15)21(27)24-17-8-6-16(22)7-9-17/h3-12H,1-2H3,(H,24,27)(H,25,26). The number of amides is 2. The van der Waals surface area contributed by atoms with Crippen molar-refractivity contribution in [2.45, 2.75) is 13.8 Å². The number of hydrogen-bond donors (Lipinski definition) is 2. The van der Waals surface area contributed by atoms with E-state index in [-0.39, 0.29) is 11.6 Å². The van der Waals surface area contributed by atoms with Crippen LogP contribution in [0.4, 0.5) is 15.8 Å². The highest BCUT2D eigenvalue weighted by molar-refractivity contribution is 6.08. The molecule has 0 spiro atoms. The van der Waals surface area contributed by atoms with Crippen LogP contribution in [0.15, 0.2) is 60.8 Å². The second-order valence-electron chi connectivity index (χ2n) is 6.09. The number of carbonyl (C=O) groups is 2. The number of nitrogens with one attached hydrogen (secondary N) is 2. The van der Waals surface area contributed by atoms with Crippen molar-refractivity contribution in [2.24, 2.45) is 0 Å². The van der Waals surface area contributed by atoms with E-state index >= 15 is 0 Å². The van der Waals surface area contributed by atoms with Crippen LogP contribution in [0.2, 0.25) is 0 Å². The molecule has 0 aliphatic carbocycles. The van der Waals surface area contributed by atoms with E-state index in [0.717, 1.165) is 11.1 Å². The first-order chi connectivity index (χ1) is 12.9. The summed E-state index contributed by atoms with van der Waals surface area (Å²) in [6.07, 6.45) is 1.40. The first kappa shape index (κ1) is 18.3. The van der Waals surface area contributed by atoms with Crippen molar-refractivity contribution in [3.63, 3.8) is 0 Å². The lowest BCUT2D eigenvalue weighted by atomic mass is 10.1. The maximum absolute atomic E-state index is 13.0. The number of carbonyl (C=O) groups excluding carboxylic acids is 2. The molecule has 1 heterocycles. The highest BCUT2D eigenvalue weighted by atomic mass is 19.1. The van der Waals surface area contributed by atoms with E-state index in [9.17, 15) is 14.0 Å². The number of nitrogens with zero attached hydrogens (tertiary/aromatic N) is 1. The maximum atomic E-state index is 13.0. The maximum Gasteiger partial charge on any atom is 0.274 e. The Morgan fingerprint density at radius 1 is 0.926 bits per heavy atom. The zero-order valence-electron chi connectivity index (χ0n) is 14.9. The van der Waals surface area contributed by atoms with Crippen LogP contribution >= 0.6 is 0 Å². The van der Waals surface area contributed by atoms with Crippen molar-refractivity contribution in [3.05, 3.63) is 89.0 Å². The second-order valence-corrected chi connectivity index (χ2v) is 6.09. The number of pyridine rings is 1. The molecule has 0 fully saturated rings. The van der Waals surface area contributed by atoms with Crippen molar-refractivity contribution < 1.29 is 14.0 Å². The SMILES string of the molecule is Cc1cccc(NC(=O)c2ccnc(C(=O)Nc3ccc(F)cc3)c2)c1C. The Morgan fingerprint density at radius 2 is 1.67 bits per heavy atom. The van der Waals surface area contributed by atoms with Gasteiger partial charge < -0.3 is 10.6 Å². The van der Waals surface area contributed by atoms with Gasteiger partial charge in [-0.3, -0.25) is 14.6 Å². The molecule has 2 N–H and O–H groups in total. The van der Waals surface area contributed by atoms with E-state index in [0.29, 0.717) is 16.9 Å². The summed E-state index contributed by atoms with van der Waals surface area (Å²) in [5.74, 6) is -1.21. The largest absolute Gasteiger partial charge is 0.322 e. The van der Waals surface area contributed by atoms with Gasteiger partial charge in [-0.05, 0) is 67.4 Å². The minimum absolute atomic E-state index is 0.0907. The lowest BCUT2D eigenvalue weighted by Crippen LogP contribution is -2.17. The lowest BCUT2D eigenvalue weighted by Gasteiger charge is -2.11. The molecule has 0 aliphatic heterocycles. The summed E-state index contributed by atoms with van der Waals surface area (Å²) in [6, 6.07) is 14.0. The molecule has 0 radical (unpaired) electrons. The molecule has 0 unspecified atom stereocenters. The number of anilines is 2. The molecule has 0 saturated heterocycles. The number of aromatic nitrogens is 1. The van der Waals surface area contributed by atoms with Gasteiger partial charge >= 0.3 is 0 Å². The van der Waals surface area contributed by atoms with Gasteiger partial charge in [-0.25, -0.2) is 4.39 Å². The molecule has 2 amide bonds. The van der Waals surface area contributed by atoms with Gasteiger partial charge in [-0.1, -0.05) is 12.1 Å². The number of benzene rings is 2. The summed E-state index contributed by atoms with van der Waals surface area (Å²) in [5, 5.41) is 5.47. The average molecular weight is 363 g/mol. The lowest BCUT2D eigenvalue weighted by molar-refractivity contribution is 0.102. The van der Waals surface area contributed by atoms with Crippen molar-refractivity contribution in [1.29, 1.82) is 0 Å². The van der Waals surface area contributed by atoms with Crippen molar-refractivity contribution >= 4 is 23.2 Å². The average Bonchev–Trinajstić information content (AvgIpc) is 2.67. The molecule has 2 aromatic carbocycles.